The molecule has 35 heavy (non-hydrogen) atoms. The number of methoxy groups -OCH3 is 1. The molecule has 0 aliphatic rings. The zero-order chi connectivity index (χ0) is 24.5. The number of ether oxygens (including phenoxy) is 2. The fraction of sp³-hybridized carbons (Fsp3) is 0.154. The number of benzene rings is 3. The molecule has 1 amide bonds. The lowest BCUT2D eigenvalue weighted by molar-refractivity contribution is -0.118. The number of hydrogen-bond donors (Lipinski definition) is 1. The molecule has 1 aromatic heterocycles. The summed E-state index contributed by atoms with van der Waals surface area (Å²) in [5.41, 5.74) is 6.61. The maximum absolute atomic E-state index is 12.2. The molecule has 1 N–H and O–H groups in total. The molecule has 0 spiro atoms. The van der Waals surface area contributed by atoms with Gasteiger partial charge in [-0.3, -0.25) is 4.79 Å². The lowest BCUT2D eigenvalue weighted by atomic mass is 10.1. The number of nitrogens with one attached hydrogen (secondary N) is 1. The van der Waals surface area contributed by atoms with E-state index in [1.54, 1.807) is 13.3 Å². The maximum Gasteiger partial charge on any atom is 0.250 e. The van der Waals surface area contributed by atoms with Crippen LogP contribution in [0.25, 0.3) is 10.6 Å². The van der Waals surface area contributed by atoms with E-state index in [1.807, 2.05) is 66.7 Å². The molecule has 0 bridgehead atoms. The summed E-state index contributed by atoms with van der Waals surface area (Å²) in [6, 6.07) is 23.4. The van der Waals surface area contributed by atoms with Gasteiger partial charge in [-0.25, -0.2) is 5.43 Å². The second-order valence-corrected chi connectivity index (χ2v) is 9.65. The fourth-order valence-electron chi connectivity index (χ4n) is 3.12. The Morgan fingerprint density at radius 2 is 1.86 bits per heavy atom. The summed E-state index contributed by atoms with van der Waals surface area (Å²) in [4.78, 5) is 12.2. The van der Waals surface area contributed by atoms with Crippen LogP contribution in [0.15, 0.2) is 82.2 Å². The number of aromatic nitrogens is 2. The van der Waals surface area contributed by atoms with Crippen molar-refractivity contribution in [3.05, 3.63) is 89.5 Å². The smallest absolute Gasteiger partial charge is 0.250 e. The van der Waals surface area contributed by atoms with Crippen molar-refractivity contribution in [2.45, 2.75) is 17.9 Å². The van der Waals surface area contributed by atoms with Gasteiger partial charge in [0.25, 0.3) is 5.91 Å². The van der Waals surface area contributed by atoms with Crippen LogP contribution in [0.4, 0.5) is 0 Å². The Balaban J connectivity index is 1.27. The highest BCUT2D eigenvalue weighted by molar-refractivity contribution is 8.01. The van der Waals surface area contributed by atoms with Crippen molar-refractivity contribution in [3.8, 4) is 22.1 Å². The van der Waals surface area contributed by atoms with E-state index in [-0.39, 0.29) is 11.7 Å². The predicted octanol–water partition coefficient (Wildman–Crippen LogP) is 5.34. The molecule has 4 aromatic rings. The summed E-state index contributed by atoms with van der Waals surface area (Å²) in [6.07, 6.45) is 1.56. The summed E-state index contributed by atoms with van der Waals surface area (Å²) in [5, 5.41) is 13.2. The Morgan fingerprint density at radius 3 is 2.66 bits per heavy atom. The zero-order valence-corrected chi connectivity index (χ0v) is 20.9. The molecular formula is C26H24N4O3S2. The SMILES string of the molecule is COc1cc(C=NNC(=O)CSc2nnc(-c3ccccc3)s2)ccc1OCc1ccccc1C. The van der Waals surface area contributed by atoms with Gasteiger partial charge in [-0.2, -0.15) is 5.10 Å². The average Bonchev–Trinajstić information content (AvgIpc) is 3.37. The van der Waals surface area contributed by atoms with Crippen LogP contribution in [0, 0.1) is 6.92 Å². The number of hydrazone groups is 1. The zero-order valence-electron chi connectivity index (χ0n) is 19.3. The highest BCUT2D eigenvalue weighted by Gasteiger charge is 2.10. The minimum absolute atomic E-state index is 0.190. The van der Waals surface area contributed by atoms with E-state index in [9.17, 15) is 4.79 Å². The molecule has 0 aliphatic carbocycles. The lowest BCUT2D eigenvalue weighted by Gasteiger charge is -2.12. The third kappa shape index (κ3) is 6.91. The molecule has 9 heteroatoms. The molecule has 178 valence electrons. The third-order valence-corrected chi connectivity index (χ3v) is 7.09. The molecule has 7 nitrogen and oxygen atoms in total. The Bertz CT molecular complexity index is 1310. The van der Waals surface area contributed by atoms with Gasteiger partial charge in [0.2, 0.25) is 0 Å². The molecule has 0 saturated carbocycles. The molecule has 4 rings (SSSR count). The van der Waals surface area contributed by atoms with E-state index in [2.05, 4.69) is 33.7 Å². The van der Waals surface area contributed by atoms with Gasteiger partial charge >= 0.3 is 0 Å². The van der Waals surface area contributed by atoms with Crippen LogP contribution >= 0.6 is 23.1 Å². The Labute approximate surface area is 212 Å². The quantitative estimate of drug-likeness (QED) is 0.178. The monoisotopic (exact) mass is 504 g/mol. The third-order valence-electron chi connectivity index (χ3n) is 4.99. The van der Waals surface area contributed by atoms with Gasteiger partial charge < -0.3 is 9.47 Å². The van der Waals surface area contributed by atoms with E-state index < -0.39 is 0 Å². The summed E-state index contributed by atoms with van der Waals surface area (Å²) in [5.74, 6) is 1.19. The first-order chi connectivity index (χ1) is 17.1. The van der Waals surface area contributed by atoms with Crippen molar-refractivity contribution in [1.29, 1.82) is 0 Å². The second-order valence-electron chi connectivity index (χ2n) is 7.45. The van der Waals surface area contributed by atoms with Gasteiger partial charge in [0, 0.05) is 5.56 Å². The van der Waals surface area contributed by atoms with Gasteiger partial charge in [-0.1, -0.05) is 77.7 Å². The van der Waals surface area contributed by atoms with Crippen molar-refractivity contribution in [2.75, 3.05) is 12.9 Å². The standard InChI is InChI=1S/C26H24N4O3S2/c1-18-8-6-7-11-21(18)16-33-22-13-12-19(14-23(22)32-2)15-27-28-24(31)17-34-26-30-29-25(35-26)20-9-4-3-5-10-20/h3-15H,16-17H2,1-2H3,(H,28,31). The first kappa shape index (κ1) is 24.4. The largest absolute Gasteiger partial charge is 0.493 e. The Kier molecular flexibility index (Phi) is 8.48. The van der Waals surface area contributed by atoms with Crippen molar-refractivity contribution in [2.24, 2.45) is 5.10 Å². The molecule has 0 fully saturated rings. The first-order valence-corrected chi connectivity index (χ1v) is 12.6. The minimum Gasteiger partial charge on any atom is -0.493 e. The van der Waals surface area contributed by atoms with Gasteiger partial charge in [0.15, 0.2) is 15.8 Å². The van der Waals surface area contributed by atoms with Crippen LogP contribution < -0.4 is 14.9 Å². The van der Waals surface area contributed by atoms with Gasteiger partial charge in [-0.15, -0.1) is 10.2 Å². The summed E-state index contributed by atoms with van der Waals surface area (Å²) >= 11 is 2.78. The summed E-state index contributed by atoms with van der Waals surface area (Å²) in [6.45, 7) is 2.50. The number of thioether (sulfide) groups is 1. The number of aryl methyl sites for hydroxylation is 1. The molecular weight excluding hydrogens is 480 g/mol. The molecule has 0 aliphatic heterocycles. The normalized spacial score (nSPS) is 10.9. The van der Waals surface area contributed by atoms with Crippen LogP contribution in [0.3, 0.4) is 0 Å². The molecule has 0 radical (unpaired) electrons. The van der Waals surface area contributed by atoms with Crippen molar-refractivity contribution in [3.63, 3.8) is 0 Å². The molecule has 0 atom stereocenters. The molecule has 1 heterocycles. The molecule has 3 aromatic carbocycles. The average molecular weight is 505 g/mol. The number of carbonyl (C=O) groups excluding carboxylic acids is 1. The van der Waals surface area contributed by atoms with Crippen LogP contribution in [0.1, 0.15) is 16.7 Å². The summed E-state index contributed by atoms with van der Waals surface area (Å²) in [7, 11) is 1.59. The fourth-order valence-corrected chi connectivity index (χ4v) is 4.76. The van der Waals surface area contributed by atoms with Crippen LogP contribution in [0.2, 0.25) is 0 Å². The van der Waals surface area contributed by atoms with Gasteiger partial charge in [0.05, 0.1) is 19.1 Å². The Morgan fingerprint density at radius 1 is 1.06 bits per heavy atom. The molecule has 0 unspecified atom stereocenters. The van der Waals surface area contributed by atoms with Crippen molar-refractivity contribution in [1.82, 2.24) is 15.6 Å². The van der Waals surface area contributed by atoms with E-state index in [4.69, 9.17) is 9.47 Å². The van der Waals surface area contributed by atoms with Gasteiger partial charge in [-0.05, 0) is 41.8 Å². The van der Waals surface area contributed by atoms with Crippen molar-refractivity contribution < 1.29 is 14.3 Å². The predicted molar refractivity (Wildman–Crippen MR) is 140 cm³/mol. The van der Waals surface area contributed by atoms with E-state index in [0.717, 1.165) is 26.0 Å². The number of hydrogen-bond acceptors (Lipinski definition) is 8. The highest BCUT2D eigenvalue weighted by atomic mass is 32.2. The number of amides is 1. The topological polar surface area (TPSA) is 85.7 Å². The molecule has 0 saturated heterocycles. The Hall–Kier alpha value is -3.69. The highest BCUT2D eigenvalue weighted by Crippen LogP contribution is 2.30. The van der Waals surface area contributed by atoms with Crippen LogP contribution in [-0.2, 0) is 11.4 Å². The van der Waals surface area contributed by atoms with E-state index in [0.29, 0.717) is 18.1 Å². The number of carbonyl (C=O) groups is 1. The first-order valence-electron chi connectivity index (χ1n) is 10.8. The van der Waals surface area contributed by atoms with E-state index in [1.165, 1.54) is 28.7 Å². The maximum atomic E-state index is 12.2. The minimum atomic E-state index is -0.229. The van der Waals surface area contributed by atoms with Crippen LogP contribution in [0.5, 0.6) is 11.5 Å². The second kappa shape index (κ2) is 12.1. The summed E-state index contributed by atoms with van der Waals surface area (Å²) < 4.78 is 12.1. The van der Waals surface area contributed by atoms with Crippen LogP contribution in [-0.4, -0.2) is 35.2 Å². The van der Waals surface area contributed by atoms with E-state index >= 15 is 0 Å². The number of nitrogens with zero attached hydrogens (tertiary/aromatic N) is 3. The lowest BCUT2D eigenvalue weighted by Crippen LogP contribution is -2.19. The number of rotatable bonds is 10. The van der Waals surface area contributed by atoms with Gasteiger partial charge in [0.1, 0.15) is 11.6 Å². The van der Waals surface area contributed by atoms with Crippen molar-refractivity contribution >= 4 is 35.2 Å².